The van der Waals surface area contributed by atoms with Crippen molar-refractivity contribution >= 4 is 17.3 Å². The first kappa shape index (κ1) is 11.6. The highest BCUT2D eigenvalue weighted by Crippen LogP contribution is 2.17. The largest absolute Gasteiger partial charge is 0.479 e. The lowest BCUT2D eigenvalue weighted by Gasteiger charge is -2.19. The fourth-order valence-electron chi connectivity index (χ4n) is 1.46. The lowest BCUT2D eigenvalue weighted by Crippen LogP contribution is -2.21. The van der Waals surface area contributed by atoms with Gasteiger partial charge >= 0.3 is 6.43 Å². The van der Waals surface area contributed by atoms with E-state index in [1.807, 2.05) is 0 Å². The fraction of sp³-hybridized carbons (Fsp3) is 0.700. The van der Waals surface area contributed by atoms with E-state index < -0.39 is 11.5 Å². The highest BCUT2D eigenvalue weighted by Gasteiger charge is 2.18. The maximum absolute atomic E-state index is 12.1. The second-order valence-corrected chi connectivity index (χ2v) is 3.74. The van der Waals surface area contributed by atoms with Crippen molar-refractivity contribution in [3.8, 4) is 0 Å². The van der Waals surface area contributed by atoms with Gasteiger partial charge in [0.2, 0.25) is 5.05 Å². The van der Waals surface area contributed by atoms with Gasteiger partial charge < -0.3 is 4.74 Å². The molecule has 0 aliphatic heterocycles. The van der Waals surface area contributed by atoms with Crippen LogP contribution in [0.4, 0.5) is 8.78 Å². The topological polar surface area (TPSA) is 9.23 Å². The molecule has 0 saturated heterocycles. The zero-order valence-electron chi connectivity index (χ0n) is 7.92. The Kier molecular flexibility index (Phi) is 5.01. The molecule has 1 aliphatic carbocycles. The molecule has 0 aromatic heterocycles. The Bertz CT molecular complexity index is 216. The molecule has 1 nitrogen and oxygen atoms in total. The molecule has 0 aromatic carbocycles. The highest BCUT2D eigenvalue weighted by molar-refractivity contribution is 7.80. The van der Waals surface area contributed by atoms with Gasteiger partial charge in [0.15, 0.2) is 0 Å². The summed E-state index contributed by atoms with van der Waals surface area (Å²) in [6.45, 7) is 0. The van der Waals surface area contributed by atoms with Crippen molar-refractivity contribution < 1.29 is 13.5 Å². The van der Waals surface area contributed by atoms with E-state index in [0.29, 0.717) is 0 Å². The summed E-state index contributed by atoms with van der Waals surface area (Å²) in [5.41, 5.74) is 0. The summed E-state index contributed by atoms with van der Waals surface area (Å²) < 4.78 is 29.2. The minimum Gasteiger partial charge on any atom is -0.479 e. The molecule has 0 radical (unpaired) electrons. The molecule has 1 aliphatic rings. The van der Waals surface area contributed by atoms with Crippen LogP contribution in [0.1, 0.15) is 32.1 Å². The van der Waals surface area contributed by atoms with Crippen molar-refractivity contribution in [2.45, 2.75) is 44.6 Å². The van der Waals surface area contributed by atoms with Crippen LogP contribution >= 0.6 is 12.2 Å². The van der Waals surface area contributed by atoms with Crippen LogP contribution in [0.3, 0.4) is 0 Å². The van der Waals surface area contributed by atoms with Crippen molar-refractivity contribution in [2.75, 3.05) is 0 Å². The molecule has 80 valence electrons. The average Bonchev–Trinajstić information content (AvgIpc) is 2.08. The van der Waals surface area contributed by atoms with Crippen molar-refractivity contribution in [3.05, 3.63) is 12.2 Å². The van der Waals surface area contributed by atoms with Gasteiger partial charge in [-0.15, -0.1) is 0 Å². The van der Waals surface area contributed by atoms with E-state index >= 15 is 0 Å². The first-order valence-electron chi connectivity index (χ1n) is 4.84. The van der Waals surface area contributed by atoms with Gasteiger partial charge in [0.05, 0.1) is 6.10 Å². The SMILES string of the molecule is FC(F)C(=S)OC1CCC=CCCC1. The smallest absolute Gasteiger partial charge is 0.305 e. The molecule has 0 heterocycles. The summed E-state index contributed by atoms with van der Waals surface area (Å²) in [6.07, 6.45) is 5.90. The van der Waals surface area contributed by atoms with Gasteiger partial charge in [0, 0.05) is 0 Å². The van der Waals surface area contributed by atoms with Crippen LogP contribution in [0.25, 0.3) is 0 Å². The Labute approximate surface area is 88.1 Å². The van der Waals surface area contributed by atoms with Gasteiger partial charge in [-0.3, -0.25) is 0 Å². The third kappa shape index (κ3) is 4.13. The zero-order chi connectivity index (χ0) is 10.4. The second kappa shape index (κ2) is 6.06. The Morgan fingerprint density at radius 1 is 1.29 bits per heavy atom. The maximum atomic E-state index is 12.1. The van der Waals surface area contributed by atoms with Gasteiger partial charge in [-0.25, -0.2) is 8.78 Å². The highest BCUT2D eigenvalue weighted by atomic mass is 32.1. The minimum absolute atomic E-state index is 0.124. The van der Waals surface area contributed by atoms with Crippen LogP contribution in [0.2, 0.25) is 0 Å². The predicted molar refractivity (Wildman–Crippen MR) is 55.7 cm³/mol. The summed E-state index contributed by atoms with van der Waals surface area (Å²) in [7, 11) is 0. The second-order valence-electron chi connectivity index (χ2n) is 3.34. The fourth-order valence-corrected chi connectivity index (χ4v) is 1.60. The van der Waals surface area contributed by atoms with Crippen LogP contribution in [0, 0.1) is 0 Å². The number of alkyl halides is 2. The summed E-state index contributed by atoms with van der Waals surface area (Å²) in [5, 5.41) is -0.556. The van der Waals surface area contributed by atoms with Crippen molar-refractivity contribution in [1.82, 2.24) is 0 Å². The number of halogens is 2. The molecular weight excluding hydrogens is 206 g/mol. The average molecular weight is 220 g/mol. The molecule has 1 atom stereocenters. The van der Waals surface area contributed by atoms with E-state index in [-0.39, 0.29) is 6.10 Å². The molecule has 0 fully saturated rings. The van der Waals surface area contributed by atoms with Crippen LogP contribution in [0.15, 0.2) is 12.2 Å². The number of allylic oxidation sites excluding steroid dienone is 2. The first-order chi connectivity index (χ1) is 6.70. The van der Waals surface area contributed by atoms with Crippen LogP contribution < -0.4 is 0 Å². The minimum atomic E-state index is -2.63. The van der Waals surface area contributed by atoms with Gasteiger partial charge in [0.1, 0.15) is 0 Å². The molecule has 1 unspecified atom stereocenters. The molecule has 0 bridgehead atoms. The molecule has 0 N–H and O–H groups in total. The summed E-state index contributed by atoms with van der Waals surface area (Å²) >= 11 is 4.45. The molecule has 4 heteroatoms. The van der Waals surface area contributed by atoms with Gasteiger partial charge in [-0.1, -0.05) is 12.2 Å². The third-order valence-electron chi connectivity index (χ3n) is 2.18. The van der Waals surface area contributed by atoms with Crippen LogP contribution in [-0.4, -0.2) is 17.6 Å². The molecule has 0 spiro atoms. The summed E-state index contributed by atoms with van der Waals surface area (Å²) in [5.74, 6) is 0. The van der Waals surface area contributed by atoms with E-state index in [4.69, 9.17) is 4.74 Å². The Morgan fingerprint density at radius 3 is 2.71 bits per heavy atom. The lowest BCUT2D eigenvalue weighted by atomic mass is 10.0. The Hall–Kier alpha value is -0.510. The van der Waals surface area contributed by atoms with E-state index in [1.165, 1.54) is 0 Å². The van der Waals surface area contributed by atoms with Gasteiger partial charge in [0.25, 0.3) is 0 Å². The van der Waals surface area contributed by atoms with Crippen LogP contribution in [-0.2, 0) is 4.74 Å². The summed E-state index contributed by atoms with van der Waals surface area (Å²) in [4.78, 5) is 0. The van der Waals surface area contributed by atoms with Gasteiger partial charge in [-0.2, -0.15) is 0 Å². The molecule has 14 heavy (non-hydrogen) atoms. The number of ether oxygens (including phenoxy) is 1. The lowest BCUT2D eigenvalue weighted by molar-refractivity contribution is 0.119. The van der Waals surface area contributed by atoms with Crippen LogP contribution in [0.5, 0.6) is 0 Å². The molecule has 0 amide bonds. The number of rotatable bonds is 2. The first-order valence-corrected chi connectivity index (χ1v) is 5.24. The summed E-state index contributed by atoms with van der Waals surface area (Å²) in [6, 6.07) is 0. The number of hydrogen-bond acceptors (Lipinski definition) is 2. The molecule has 1 rings (SSSR count). The third-order valence-corrected chi connectivity index (χ3v) is 2.45. The molecular formula is C10H14F2OS. The van der Waals surface area contributed by atoms with E-state index in [1.54, 1.807) is 0 Å². The normalized spacial score (nSPS) is 22.9. The quantitative estimate of drug-likeness (QED) is 0.520. The zero-order valence-corrected chi connectivity index (χ0v) is 8.73. The Morgan fingerprint density at radius 2 is 2.00 bits per heavy atom. The number of hydrogen-bond donors (Lipinski definition) is 0. The number of thiocarbonyl (C=S) groups is 1. The molecule has 0 aromatic rings. The van der Waals surface area contributed by atoms with Crippen molar-refractivity contribution in [1.29, 1.82) is 0 Å². The van der Waals surface area contributed by atoms with Crippen molar-refractivity contribution in [3.63, 3.8) is 0 Å². The maximum Gasteiger partial charge on any atom is 0.305 e. The van der Waals surface area contributed by atoms with E-state index in [0.717, 1.165) is 32.1 Å². The Balaban J connectivity index is 2.35. The van der Waals surface area contributed by atoms with E-state index in [2.05, 4.69) is 24.4 Å². The van der Waals surface area contributed by atoms with Gasteiger partial charge in [-0.05, 0) is 44.3 Å². The standard InChI is InChI=1S/C10H14F2OS/c11-9(12)10(14)13-8-6-4-2-1-3-5-7-8/h1-2,8-9H,3-7H2. The van der Waals surface area contributed by atoms with Crippen molar-refractivity contribution in [2.24, 2.45) is 0 Å². The predicted octanol–water partition coefficient (Wildman–Crippen LogP) is 3.48. The van der Waals surface area contributed by atoms with E-state index in [9.17, 15) is 8.78 Å². The molecule has 0 saturated carbocycles. The monoisotopic (exact) mass is 220 g/mol.